The summed E-state index contributed by atoms with van der Waals surface area (Å²) < 4.78 is 5.38. The van der Waals surface area contributed by atoms with Gasteiger partial charge in [0.25, 0.3) is 11.1 Å². The van der Waals surface area contributed by atoms with Crippen LogP contribution in [0.2, 0.25) is 0 Å². The van der Waals surface area contributed by atoms with E-state index in [9.17, 15) is 9.59 Å². The van der Waals surface area contributed by atoms with Gasteiger partial charge in [0.05, 0.1) is 11.2 Å². The number of furan rings is 1. The second kappa shape index (κ2) is 4.78. The zero-order chi connectivity index (χ0) is 13.2. The second-order valence-electron chi connectivity index (χ2n) is 3.89. The van der Waals surface area contributed by atoms with E-state index in [4.69, 9.17) is 4.42 Å². The highest BCUT2D eigenvalue weighted by Gasteiger charge is 2.30. The Kier molecular flexibility index (Phi) is 2.97. The van der Waals surface area contributed by atoms with Gasteiger partial charge in [0.2, 0.25) is 0 Å². The highest BCUT2D eigenvalue weighted by Crippen LogP contribution is 2.36. The van der Waals surface area contributed by atoms with Crippen LogP contribution >= 0.6 is 11.8 Å². The van der Waals surface area contributed by atoms with Crippen molar-refractivity contribution in [2.75, 3.05) is 0 Å². The van der Waals surface area contributed by atoms with Crippen LogP contribution in [0.4, 0.5) is 4.79 Å². The molecule has 0 saturated carbocycles. The van der Waals surface area contributed by atoms with E-state index < -0.39 is 0 Å². The van der Waals surface area contributed by atoms with Gasteiger partial charge in [-0.15, -0.1) is 0 Å². The van der Waals surface area contributed by atoms with E-state index in [0.29, 0.717) is 16.2 Å². The zero-order valence-corrected chi connectivity index (χ0v) is 10.6. The molecule has 4 nitrogen and oxygen atoms in total. The van der Waals surface area contributed by atoms with Crippen molar-refractivity contribution < 1.29 is 14.0 Å². The van der Waals surface area contributed by atoms with Crippen molar-refractivity contribution in [3.8, 4) is 0 Å². The molecule has 1 aromatic heterocycles. The molecule has 5 heteroatoms. The lowest BCUT2D eigenvalue weighted by atomic mass is 10.0. The average molecular weight is 271 g/mol. The van der Waals surface area contributed by atoms with E-state index in [1.165, 1.54) is 6.26 Å². The molecule has 2 heterocycles. The largest absolute Gasteiger partial charge is 0.464 e. The third-order valence-corrected chi connectivity index (χ3v) is 3.55. The Morgan fingerprint density at radius 2 is 1.84 bits per heavy atom. The number of hydrogen-bond donors (Lipinski definition) is 1. The minimum atomic E-state index is -0.384. The fourth-order valence-electron chi connectivity index (χ4n) is 1.89. The van der Waals surface area contributed by atoms with E-state index in [2.05, 4.69) is 5.32 Å². The molecular formula is C14H9NO3S. The zero-order valence-electron chi connectivity index (χ0n) is 9.75. The predicted molar refractivity (Wildman–Crippen MR) is 72.3 cm³/mol. The maximum absolute atomic E-state index is 11.8. The molecule has 1 aromatic carbocycles. The summed E-state index contributed by atoms with van der Waals surface area (Å²) in [6, 6.07) is 12.9. The van der Waals surface area contributed by atoms with Gasteiger partial charge in [-0.05, 0) is 29.5 Å². The molecule has 94 valence electrons. The molecule has 0 aliphatic carbocycles. The van der Waals surface area contributed by atoms with Gasteiger partial charge in [0.1, 0.15) is 5.76 Å². The first-order chi connectivity index (χ1) is 9.25. The van der Waals surface area contributed by atoms with Crippen LogP contribution in [0, 0.1) is 0 Å². The smallest absolute Gasteiger partial charge is 0.290 e. The molecule has 2 aromatic rings. The SMILES string of the molecule is O=C1NC(=O)/C(=C(/c2ccccc2)c2ccco2)S1. The van der Waals surface area contributed by atoms with Gasteiger partial charge in [-0.2, -0.15) is 0 Å². The predicted octanol–water partition coefficient (Wildman–Crippen LogP) is 3.02. The van der Waals surface area contributed by atoms with Crippen LogP contribution in [0.5, 0.6) is 0 Å². The maximum atomic E-state index is 11.8. The Labute approximate surface area is 113 Å². The van der Waals surface area contributed by atoms with Gasteiger partial charge in [-0.25, -0.2) is 0 Å². The molecular weight excluding hydrogens is 262 g/mol. The topological polar surface area (TPSA) is 59.3 Å². The lowest BCUT2D eigenvalue weighted by Crippen LogP contribution is -2.18. The summed E-state index contributed by atoms with van der Waals surface area (Å²) in [4.78, 5) is 23.5. The molecule has 0 bridgehead atoms. The van der Waals surface area contributed by atoms with Crippen molar-refractivity contribution >= 4 is 28.5 Å². The van der Waals surface area contributed by atoms with Gasteiger partial charge in [-0.3, -0.25) is 14.9 Å². The maximum Gasteiger partial charge on any atom is 0.290 e. The van der Waals surface area contributed by atoms with Crippen LogP contribution in [0.1, 0.15) is 11.3 Å². The highest BCUT2D eigenvalue weighted by atomic mass is 32.2. The molecule has 1 N–H and O–H groups in total. The monoisotopic (exact) mass is 271 g/mol. The summed E-state index contributed by atoms with van der Waals surface area (Å²) in [6.07, 6.45) is 1.54. The van der Waals surface area contributed by atoms with Crippen LogP contribution < -0.4 is 5.32 Å². The van der Waals surface area contributed by atoms with Gasteiger partial charge in [-0.1, -0.05) is 30.3 Å². The third kappa shape index (κ3) is 2.20. The summed E-state index contributed by atoms with van der Waals surface area (Å²) in [5, 5.41) is 1.90. The quantitative estimate of drug-likeness (QED) is 0.853. The van der Waals surface area contributed by atoms with Crippen molar-refractivity contribution in [3.05, 3.63) is 65.0 Å². The summed E-state index contributed by atoms with van der Waals surface area (Å²) in [5.41, 5.74) is 1.48. The molecule has 0 atom stereocenters. The molecule has 0 spiro atoms. The van der Waals surface area contributed by atoms with Crippen LogP contribution in [0.25, 0.3) is 5.57 Å². The molecule has 3 rings (SSSR count). The molecule has 0 unspecified atom stereocenters. The first kappa shape index (κ1) is 11.8. The molecule has 0 radical (unpaired) electrons. The molecule has 1 aliphatic rings. The lowest BCUT2D eigenvalue weighted by molar-refractivity contribution is -0.115. The number of imide groups is 1. The Balaban J connectivity index is 2.21. The van der Waals surface area contributed by atoms with Crippen molar-refractivity contribution in [3.63, 3.8) is 0 Å². The average Bonchev–Trinajstić information content (AvgIpc) is 3.03. The molecule has 1 aliphatic heterocycles. The molecule has 2 amide bonds. The fourth-order valence-corrected chi connectivity index (χ4v) is 2.68. The van der Waals surface area contributed by atoms with Gasteiger partial charge >= 0.3 is 0 Å². The number of carbonyl (C=O) groups is 2. The van der Waals surface area contributed by atoms with E-state index in [0.717, 1.165) is 17.3 Å². The van der Waals surface area contributed by atoms with Crippen LogP contribution in [-0.2, 0) is 4.79 Å². The lowest BCUT2D eigenvalue weighted by Gasteiger charge is -2.06. The minimum absolute atomic E-state index is 0.361. The Morgan fingerprint density at radius 3 is 2.42 bits per heavy atom. The molecule has 19 heavy (non-hydrogen) atoms. The van der Waals surface area contributed by atoms with E-state index in [1.54, 1.807) is 12.1 Å². The minimum Gasteiger partial charge on any atom is -0.464 e. The van der Waals surface area contributed by atoms with Crippen LogP contribution in [-0.4, -0.2) is 11.1 Å². The molecule has 1 fully saturated rings. The highest BCUT2D eigenvalue weighted by molar-refractivity contribution is 8.18. The van der Waals surface area contributed by atoms with Gasteiger partial charge in [0.15, 0.2) is 0 Å². The number of benzene rings is 1. The van der Waals surface area contributed by atoms with E-state index in [1.807, 2.05) is 30.3 Å². The number of nitrogens with one attached hydrogen (secondary N) is 1. The van der Waals surface area contributed by atoms with Crippen molar-refractivity contribution in [1.29, 1.82) is 0 Å². The third-order valence-electron chi connectivity index (χ3n) is 2.67. The number of rotatable bonds is 2. The standard InChI is InChI=1S/C14H9NO3S/c16-13-12(19-14(17)15-13)11(10-7-4-8-18-10)9-5-2-1-3-6-9/h1-8H,(H,15,16,17)/b12-11+. The number of thioether (sulfide) groups is 1. The summed E-state index contributed by atoms with van der Waals surface area (Å²) >= 11 is 0.895. The Hall–Kier alpha value is -2.27. The first-order valence-electron chi connectivity index (χ1n) is 5.62. The number of amides is 2. The van der Waals surface area contributed by atoms with Crippen molar-refractivity contribution in [2.24, 2.45) is 0 Å². The summed E-state index contributed by atoms with van der Waals surface area (Å²) in [7, 11) is 0. The van der Waals surface area contributed by atoms with E-state index >= 15 is 0 Å². The normalized spacial score (nSPS) is 17.5. The van der Waals surface area contributed by atoms with Crippen molar-refractivity contribution in [2.45, 2.75) is 0 Å². The second-order valence-corrected chi connectivity index (χ2v) is 4.87. The summed E-state index contributed by atoms with van der Waals surface area (Å²) in [6.45, 7) is 0. The number of carbonyl (C=O) groups excluding carboxylic acids is 2. The Morgan fingerprint density at radius 1 is 1.05 bits per heavy atom. The van der Waals surface area contributed by atoms with Gasteiger partial charge in [0, 0.05) is 5.57 Å². The summed E-state index contributed by atoms with van der Waals surface area (Å²) in [5.74, 6) is 0.184. The van der Waals surface area contributed by atoms with Crippen LogP contribution in [0.3, 0.4) is 0 Å². The van der Waals surface area contributed by atoms with Crippen molar-refractivity contribution in [1.82, 2.24) is 5.32 Å². The number of hydrogen-bond acceptors (Lipinski definition) is 4. The van der Waals surface area contributed by atoms with Gasteiger partial charge < -0.3 is 4.42 Å². The Bertz CT molecular complexity index is 659. The first-order valence-corrected chi connectivity index (χ1v) is 6.44. The van der Waals surface area contributed by atoms with Crippen LogP contribution in [0.15, 0.2) is 58.1 Å². The van der Waals surface area contributed by atoms with E-state index in [-0.39, 0.29) is 11.1 Å². The fraction of sp³-hybridized carbons (Fsp3) is 0. The molecule has 1 saturated heterocycles.